The van der Waals surface area contributed by atoms with Crippen LogP contribution in [0.15, 0.2) is 212 Å². The Balaban J connectivity index is 1.22. The quantitative estimate of drug-likeness (QED) is 0.161. The first-order valence-electron chi connectivity index (χ1n) is 21.8. The molecule has 0 N–H and O–H groups in total. The lowest BCUT2D eigenvalue weighted by molar-refractivity contribution is 1.06. The van der Waals surface area contributed by atoms with Gasteiger partial charge in [-0.15, -0.1) is 0 Å². The summed E-state index contributed by atoms with van der Waals surface area (Å²) < 4.78 is 4.82. The molecule has 0 bridgehead atoms. The van der Waals surface area contributed by atoms with E-state index >= 15 is 0 Å². The molecule has 5 heteroatoms. The molecule has 12 aromatic rings. The summed E-state index contributed by atoms with van der Waals surface area (Å²) in [4.78, 5) is 16.5. The van der Waals surface area contributed by atoms with E-state index in [1.165, 1.54) is 32.7 Å². The van der Waals surface area contributed by atoms with Crippen molar-refractivity contribution in [3.8, 4) is 67.8 Å². The lowest BCUT2D eigenvalue weighted by Gasteiger charge is -2.21. The van der Waals surface area contributed by atoms with Gasteiger partial charge < -0.3 is 9.13 Å². The Morgan fingerprint density at radius 1 is 0.266 bits per heavy atom. The summed E-state index contributed by atoms with van der Waals surface area (Å²) in [5.41, 5.74) is 16.1. The van der Waals surface area contributed by atoms with Gasteiger partial charge in [-0.3, -0.25) is 0 Å². The van der Waals surface area contributed by atoms with Gasteiger partial charge in [-0.1, -0.05) is 176 Å². The number of nitrogens with zero attached hydrogens (tertiary/aromatic N) is 5. The second-order valence-electron chi connectivity index (χ2n) is 16.4. The maximum Gasteiger partial charge on any atom is 0.166 e. The zero-order valence-electron chi connectivity index (χ0n) is 35.4. The first-order valence-corrected chi connectivity index (χ1v) is 21.8. The Hall–Kier alpha value is -8.41. The summed E-state index contributed by atoms with van der Waals surface area (Å²) in [6.07, 6.45) is 0. The second kappa shape index (κ2) is 15.2. The van der Waals surface area contributed by atoms with Crippen LogP contribution >= 0.6 is 0 Å². The van der Waals surface area contributed by atoms with Crippen LogP contribution in [0.3, 0.4) is 0 Å². The number of aromatic nitrogens is 5. The van der Waals surface area contributed by atoms with E-state index in [1.807, 2.05) is 18.2 Å². The van der Waals surface area contributed by atoms with Crippen molar-refractivity contribution in [2.75, 3.05) is 0 Å². The Morgan fingerprint density at radius 2 is 0.578 bits per heavy atom. The van der Waals surface area contributed by atoms with Gasteiger partial charge in [-0.25, -0.2) is 15.0 Å². The summed E-state index contributed by atoms with van der Waals surface area (Å²) in [6, 6.07) is 75.4. The van der Waals surface area contributed by atoms with Crippen LogP contribution in [0.4, 0.5) is 0 Å². The van der Waals surface area contributed by atoms with E-state index in [4.69, 9.17) is 15.0 Å². The normalized spacial score (nSPS) is 11.6. The van der Waals surface area contributed by atoms with E-state index in [9.17, 15) is 0 Å². The first-order chi connectivity index (χ1) is 31.6. The lowest BCUT2D eigenvalue weighted by Crippen LogP contribution is -2.07. The largest absolute Gasteiger partial charge is 0.308 e. The maximum atomic E-state index is 5.63. The van der Waals surface area contributed by atoms with Gasteiger partial charge in [0.05, 0.1) is 33.4 Å². The molecule has 0 aliphatic heterocycles. The average molecular weight is 820 g/mol. The van der Waals surface area contributed by atoms with Gasteiger partial charge in [-0.2, -0.15) is 0 Å². The number of rotatable bonds is 7. The second-order valence-corrected chi connectivity index (χ2v) is 16.4. The Labute approximate surface area is 371 Å². The van der Waals surface area contributed by atoms with E-state index in [1.54, 1.807) is 0 Å². The van der Waals surface area contributed by atoms with Crippen LogP contribution in [0.5, 0.6) is 0 Å². The zero-order chi connectivity index (χ0) is 42.7. The maximum absolute atomic E-state index is 5.63. The minimum absolute atomic E-state index is 0.589. The van der Waals surface area contributed by atoms with Gasteiger partial charge in [0.1, 0.15) is 0 Å². The highest BCUT2D eigenvalue weighted by atomic mass is 15.1. The fourth-order valence-electron chi connectivity index (χ4n) is 9.77. The molecule has 0 fully saturated rings. The molecule has 0 amide bonds. The van der Waals surface area contributed by atoms with Crippen molar-refractivity contribution in [1.82, 2.24) is 24.1 Å². The average Bonchev–Trinajstić information content (AvgIpc) is 3.87. The molecular weight excluding hydrogens is 779 g/mol. The molecule has 3 aromatic heterocycles. The molecule has 9 aromatic carbocycles. The van der Waals surface area contributed by atoms with Gasteiger partial charge >= 0.3 is 0 Å². The molecule has 0 unspecified atom stereocenters. The Bertz CT molecular complexity index is 3430. The topological polar surface area (TPSA) is 48.5 Å². The molecule has 0 saturated heterocycles. The molecule has 64 heavy (non-hydrogen) atoms. The van der Waals surface area contributed by atoms with Gasteiger partial charge in [0, 0.05) is 49.4 Å². The molecule has 0 saturated carbocycles. The lowest BCUT2D eigenvalue weighted by atomic mass is 9.95. The molecule has 5 nitrogen and oxygen atoms in total. The molecular formula is C59H41N5. The number of fused-ring (bicyclic) bond motifs is 6. The third-order valence-electron chi connectivity index (χ3n) is 12.7. The summed E-state index contributed by atoms with van der Waals surface area (Å²) in [5, 5.41) is 4.75. The van der Waals surface area contributed by atoms with E-state index in [0.29, 0.717) is 17.5 Å². The predicted octanol–water partition coefficient (Wildman–Crippen LogP) is 15.0. The number of benzene rings is 9. The zero-order valence-corrected chi connectivity index (χ0v) is 35.4. The highest BCUT2D eigenvalue weighted by Gasteiger charge is 2.26. The van der Waals surface area contributed by atoms with E-state index in [2.05, 4.69) is 217 Å². The van der Waals surface area contributed by atoms with Crippen LogP contribution in [0.1, 0.15) is 11.1 Å². The third-order valence-corrected chi connectivity index (χ3v) is 12.7. The van der Waals surface area contributed by atoms with Crippen molar-refractivity contribution < 1.29 is 0 Å². The molecule has 0 aliphatic carbocycles. The number of para-hydroxylation sites is 6. The summed E-state index contributed by atoms with van der Waals surface area (Å²) in [7, 11) is 0. The third kappa shape index (κ3) is 5.97. The van der Waals surface area contributed by atoms with E-state index in [-0.39, 0.29) is 0 Å². The Kier molecular flexibility index (Phi) is 8.87. The monoisotopic (exact) mass is 819 g/mol. The van der Waals surface area contributed by atoms with Crippen molar-refractivity contribution >= 4 is 43.6 Å². The van der Waals surface area contributed by atoms with Gasteiger partial charge in [0.25, 0.3) is 0 Å². The van der Waals surface area contributed by atoms with Crippen molar-refractivity contribution in [3.63, 3.8) is 0 Å². The number of hydrogen-bond donors (Lipinski definition) is 0. The summed E-state index contributed by atoms with van der Waals surface area (Å²) in [5.74, 6) is 1.78. The Morgan fingerprint density at radius 3 is 0.984 bits per heavy atom. The highest BCUT2D eigenvalue weighted by molar-refractivity contribution is 6.12. The molecule has 3 heterocycles. The fourth-order valence-corrected chi connectivity index (χ4v) is 9.77. The highest BCUT2D eigenvalue weighted by Crippen LogP contribution is 2.44. The molecule has 302 valence electrons. The fraction of sp³-hybridized carbons (Fsp3) is 0.0339. The van der Waals surface area contributed by atoms with Gasteiger partial charge in [0.15, 0.2) is 17.5 Å². The van der Waals surface area contributed by atoms with Gasteiger partial charge in [-0.05, 0) is 72.5 Å². The summed E-state index contributed by atoms with van der Waals surface area (Å²) in [6.45, 7) is 4.37. The smallest absolute Gasteiger partial charge is 0.166 e. The first kappa shape index (κ1) is 37.4. The van der Waals surface area contributed by atoms with E-state index < -0.39 is 0 Å². The van der Waals surface area contributed by atoms with E-state index in [0.717, 1.165) is 72.4 Å². The van der Waals surface area contributed by atoms with Crippen LogP contribution in [0, 0.1) is 13.8 Å². The van der Waals surface area contributed by atoms with Crippen LogP contribution in [-0.2, 0) is 0 Å². The van der Waals surface area contributed by atoms with Crippen molar-refractivity contribution in [1.29, 1.82) is 0 Å². The molecule has 0 atom stereocenters. The van der Waals surface area contributed by atoms with Gasteiger partial charge in [0.2, 0.25) is 0 Å². The van der Waals surface area contributed by atoms with Crippen molar-refractivity contribution in [3.05, 3.63) is 223 Å². The van der Waals surface area contributed by atoms with Crippen molar-refractivity contribution in [2.45, 2.75) is 13.8 Å². The minimum atomic E-state index is 0.589. The van der Waals surface area contributed by atoms with Crippen LogP contribution < -0.4 is 0 Å². The molecule has 0 spiro atoms. The molecule has 0 radical (unpaired) electrons. The minimum Gasteiger partial charge on any atom is -0.308 e. The predicted molar refractivity (Wildman–Crippen MR) is 265 cm³/mol. The summed E-state index contributed by atoms with van der Waals surface area (Å²) >= 11 is 0. The van der Waals surface area contributed by atoms with Crippen LogP contribution in [0.25, 0.3) is 111 Å². The molecule has 12 rings (SSSR count). The molecule has 0 aliphatic rings. The SMILES string of the molecule is Cc1ccccc1-c1cccc(-c2nc(-c3ccccc3)nc(-c3cccc(-c4ccccc4C)c3-n3c4ccccc4c4ccccc43)n2)c1-n1c2ccccc2c2ccccc21. The van der Waals surface area contributed by atoms with Crippen molar-refractivity contribution in [2.24, 2.45) is 0 Å². The number of hydrogen-bond acceptors (Lipinski definition) is 3. The van der Waals surface area contributed by atoms with Crippen LogP contribution in [0.2, 0.25) is 0 Å². The standard InChI is InChI=1S/C59H41N5/c1-38-20-6-8-24-41(38)47-30-18-32-49(55(47)63-51-34-14-10-26-43(51)44-27-11-15-35-52(44)63)58-60-57(40-22-4-3-5-23-40)61-59(62-58)50-33-19-31-48(42-25-9-7-21-39(42)2)56(50)64-53-36-16-12-28-45(53)46-29-13-17-37-54(46)64/h3-37H,1-2H3. The number of aryl methyl sites for hydroxylation is 2. The van der Waals surface area contributed by atoms with Crippen LogP contribution in [-0.4, -0.2) is 24.1 Å².